The predicted octanol–water partition coefficient (Wildman–Crippen LogP) is 1.95. The lowest BCUT2D eigenvalue weighted by molar-refractivity contribution is 0.617. The Hall–Kier alpha value is -1.40. The average molecular weight is 189 g/mol. The van der Waals surface area contributed by atoms with Crippen LogP contribution in [0, 0.1) is 18.3 Å². The average Bonchev–Trinajstić information content (AvgIpc) is 2.21. The molecule has 0 spiro atoms. The van der Waals surface area contributed by atoms with Crippen LogP contribution in [-0.4, -0.2) is 11.5 Å². The first kappa shape index (κ1) is 10.7. The zero-order chi connectivity index (χ0) is 10.4. The zero-order valence-corrected chi connectivity index (χ0v) is 8.62. The third-order valence-electron chi connectivity index (χ3n) is 2.12. The normalized spacial score (nSPS) is 12.1. The Morgan fingerprint density at radius 2 is 2.43 bits per heavy atom. The molecule has 0 aliphatic heterocycles. The summed E-state index contributed by atoms with van der Waals surface area (Å²) in [5.41, 5.74) is 2.08. The Kier molecular flexibility index (Phi) is 4.09. The molecule has 1 heterocycles. The van der Waals surface area contributed by atoms with E-state index >= 15 is 0 Å². The van der Waals surface area contributed by atoms with Crippen molar-refractivity contribution in [2.75, 3.05) is 6.54 Å². The molecular weight excluding hydrogens is 174 g/mol. The van der Waals surface area contributed by atoms with Crippen LogP contribution in [0.1, 0.15) is 30.5 Å². The van der Waals surface area contributed by atoms with Gasteiger partial charge in [0, 0.05) is 18.0 Å². The molecule has 1 aromatic heterocycles. The first-order chi connectivity index (χ1) is 6.79. The second kappa shape index (κ2) is 5.36. The van der Waals surface area contributed by atoms with E-state index in [-0.39, 0.29) is 6.04 Å². The fraction of sp³-hybridized carbons (Fsp3) is 0.455. The number of nitriles is 1. The summed E-state index contributed by atoms with van der Waals surface area (Å²) in [6.07, 6.45) is 4.52. The van der Waals surface area contributed by atoms with Crippen LogP contribution < -0.4 is 5.32 Å². The van der Waals surface area contributed by atoms with Crippen LogP contribution in [0.5, 0.6) is 0 Å². The van der Waals surface area contributed by atoms with Gasteiger partial charge in [-0.05, 0) is 31.5 Å². The van der Waals surface area contributed by atoms with Crippen molar-refractivity contribution >= 4 is 0 Å². The highest BCUT2D eigenvalue weighted by Crippen LogP contribution is 2.14. The van der Waals surface area contributed by atoms with Gasteiger partial charge in [-0.1, -0.05) is 6.92 Å². The molecule has 0 saturated carbocycles. The van der Waals surface area contributed by atoms with E-state index in [1.54, 1.807) is 12.4 Å². The van der Waals surface area contributed by atoms with Gasteiger partial charge in [0.2, 0.25) is 0 Å². The van der Waals surface area contributed by atoms with Crippen LogP contribution in [-0.2, 0) is 0 Å². The maximum absolute atomic E-state index is 8.99. The second-order valence-corrected chi connectivity index (χ2v) is 3.25. The van der Waals surface area contributed by atoms with E-state index in [0.717, 1.165) is 24.1 Å². The van der Waals surface area contributed by atoms with Crippen molar-refractivity contribution in [1.82, 2.24) is 10.3 Å². The SMILES string of the molecule is CCCNC(C#N)c1cnccc1C. The summed E-state index contributed by atoms with van der Waals surface area (Å²) in [6.45, 7) is 4.93. The summed E-state index contributed by atoms with van der Waals surface area (Å²) < 4.78 is 0. The van der Waals surface area contributed by atoms with E-state index in [1.165, 1.54) is 0 Å². The smallest absolute Gasteiger partial charge is 0.123 e. The monoisotopic (exact) mass is 189 g/mol. The van der Waals surface area contributed by atoms with Gasteiger partial charge in [0.1, 0.15) is 6.04 Å². The molecule has 1 rings (SSSR count). The first-order valence-electron chi connectivity index (χ1n) is 4.83. The molecule has 0 aromatic carbocycles. The number of hydrogen-bond donors (Lipinski definition) is 1. The van der Waals surface area contributed by atoms with Crippen molar-refractivity contribution in [2.24, 2.45) is 0 Å². The minimum atomic E-state index is -0.233. The highest BCUT2D eigenvalue weighted by atomic mass is 14.9. The van der Waals surface area contributed by atoms with Crippen LogP contribution >= 0.6 is 0 Å². The van der Waals surface area contributed by atoms with Crippen molar-refractivity contribution in [2.45, 2.75) is 26.3 Å². The molecule has 0 aliphatic rings. The molecule has 14 heavy (non-hydrogen) atoms. The lowest BCUT2D eigenvalue weighted by Gasteiger charge is -2.12. The molecule has 1 unspecified atom stereocenters. The molecule has 0 bridgehead atoms. The lowest BCUT2D eigenvalue weighted by atomic mass is 10.1. The Bertz CT molecular complexity index is 328. The van der Waals surface area contributed by atoms with Crippen LogP contribution in [0.2, 0.25) is 0 Å². The fourth-order valence-corrected chi connectivity index (χ4v) is 1.29. The van der Waals surface area contributed by atoms with Gasteiger partial charge in [-0.25, -0.2) is 0 Å². The fourth-order valence-electron chi connectivity index (χ4n) is 1.29. The van der Waals surface area contributed by atoms with Gasteiger partial charge < -0.3 is 0 Å². The largest absolute Gasteiger partial charge is 0.298 e. The number of aromatic nitrogens is 1. The van der Waals surface area contributed by atoms with E-state index in [4.69, 9.17) is 5.26 Å². The third kappa shape index (κ3) is 2.54. The molecule has 1 atom stereocenters. The van der Waals surface area contributed by atoms with Gasteiger partial charge >= 0.3 is 0 Å². The standard InChI is InChI=1S/C11H15N3/c1-3-5-14-11(7-12)10-8-13-6-4-9(10)2/h4,6,8,11,14H,3,5H2,1-2H3. The summed E-state index contributed by atoms with van der Waals surface area (Å²) in [7, 11) is 0. The van der Waals surface area contributed by atoms with Gasteiger partial charge in [0.25, 0.3) is 0 Å². The molecule has 0 amide bonds. The first-order valence-corrected chi connectivity index (χ1v) is 4.83. The number of nitrogens with zero attached hydrogens (tertiary/aromatic N) is 2. The molecule has 74 valence electrons. The number of rotatable bonds is 4. The van der Waals surface area contributed by atoms with Crippen LogP contribution in [0.3, 0.4) is 0 Å². The minimum Gasteiger partial charge on any atom is -0.298 e. The number of aryl methyl sites for hydroxylation is 1. The topological polar surface area (TPSA) is 48.7 Å². The summed E-state index contributed by atoms with van der Waals surface area (Å²) >= 11 is 0. The molecule has 0 fully saturated rings. The van der Waals surface area contributed by atoms with Crippen molar-refractivity contribution in [3.8, 4) is 6.07 Å². The quantitative estimate of drug-likeness (QED) is 0.787. The summed E-state index contributed by atoms with van der Waals surface area (Å²) in [5.74, 6) is 0. The highest BCUT2D eigenvalue weighted by Gasteiger charge is 2.11. The lowest BCUT2D eigenvalue weighted by Crippen LogP contribution is -2.21. The van der Waals surface area contributed by atoms with Gasteiger partial charge in [-0.3, -0.25) is 10.3 Å². The van der Waals surface area contributed by atoms with Crippen LogP contribution in [0.4, 0.5) is 0 Å². The highest BCUT2D eigenvalue weighted by molar-refractivity contribution is 5.28. The van der Waals surface area contributed by atoms with E-state index in [9.17, 15) is 0 Å². The Morgan fingerprint density at radius 1 is 1.64 bits per heavy atom. The second-order valence-electron chi connectivity index (χ2n) is 3.25. The molecule has 1 aromatic rings. The number of pyridine rings is 1. The van der Waals surface area contributed by atoms with E-state index in [0.29, 0.717) is 0 Å². The Morgan fingerprint density at radius 3 is 3.00 bits per heavy atom. The number of nitrogens with one attached hydrogen (secondary N) is 1. The Labute approximate surface area is 84.8 Å². The number of hydrogen-bond acceptors (Lipinski definition) is 3. The Balaban J connectivity index is 2.80. The van der Waals surface area contributed by atoms with Crippen LogP contribution in [0.15, 0.2) is 18.5 Å². The maximum atomic E-state index is 8.99. The van der Waals surface area contributed by atoms with Gasteiger partial charge in [-0.2, -0.15) is 5.26 Å². The van der Waals surface area contributed by atoms with Crippen molar-refractivity contribution in [3.63, 3.8) is 0 Å². The van der Waals surface area contributed by atoms with E-state index in [2.05, 4.69) is 23.3 Å². The van der Waals surface area contributed by atoms with Crippen LogP contribution in [0.25, 0.3) is 0 Å². The molecule has 3 nitrogen and oxygen atoms in total. The molecule has 3 heteroatoms. The third-order valence-corrected chi connectivity index (χ3v) is 2.12. The molecule has 0 radical (unpaired) electrons. The predicted molar refractivity (Wildman–Crippen MR) is 55.6 cm³/mol. The molecule has 0 saturated heterocycles. The summed E-state index contributed by atoms with van der Waals surface area (Å²) in [4.78, 5) is 4.03. The maximum Gasteiger partial charge on any atom is 0.123 e. The van der Waals surface area contributed by atoms with E-state index in [1.807, 2.05) is 13.0 Å². The van der Waals surface area contributed by atoms with Crippen molar-refractivity contribution in [3.05, 3.63) is 29.6 Å². The molecular formula is C11H15N3. The van der Waals surface area contributed by atoms with Gasteiger partial charge in [0.05, 0.1) is 6.07 Å². The van der Waals surface area contributed by atoms with Crippen molar-refractivity contribution in [1.29, 1.82) is 5.26 Å². The molecule has 1 N–H and O–H groups in total. The van der Waals surface area contributed by atoms with Crippen molar-refractivity contribution < 1.29 is 0 Å². The zero-order valence-electron chi connectivity index (χ0n) is 8.62. The summed E-state index contributed by atoms with van der Waals surface area (Å²) in [6, 6.07) is 3.93. The van der Waals surface area contributed by atoms with Gasteiger partial charge in [-0.15, -0.1) is 0 Å². The minimum absolute atomic E-state index is 0.233. The summed E-state index contributed by atoms with van der Waals surface area (Å²) in [5, 5.41) is 12.2. The molecule has 0 aliphatic carbocycles. The van der Waals surface area contributed by atoms with Gasteiger partial charge in [0.15, 0.2) is 0 Å². The van der Waals surface area contributed by atoms with E-state index < -0.39 is 0 Å².